The number of aromatic nitrogens is 2. The number of anilines is 2. The van der Waals surface area contributed by atoms with E-state index in [1.54, 1.807) is 0 Å². The van der Waals surface area contributed by atoms with E-state index in [0.717, 1.165) is 0 Å². The summed E-state index contributed by atoms with van der Waals surface area (Å²) in [7, 11) is 0. The van der Waals surface area contributed by atoms with Gasteiger partial charge in [-0.05, 0) is 0 Å². The smallest absolute Gasteiger partial charge is 0.313 e. The first-order valence-corrected chi connectivity index (χ1v) is 6.62. The third kappa shape index (κ3) is 5.06. The summed E-state index contributed by atoms with van der Waals surface area (Å²) in [5.74, 6) is -1.92. The van der Waals surface area contributed by atoms with Gasteiger partial charge in [0, 0.05) is 32.7 Å². The maximum absolute atomic E-state index is 11.1. The van der Waals surface area contributed by atoms with Gasteiger partial charge in [-0.2, -0.15) is 4.98 Å². The summed E-state index contributed by atoms with van der Waals surface area (Å²) < 4.78 is 0. The minimum atomic E-state index is -1.37. The van der Waals surface area contributed by atoms with Gasteiger partial charge in [0.25, 0.3) is 17.4 Å². The van der Waals surface area contributed by atoms with Gasteiger partial charge in [-0.15, -0.1) is 0 Å². The number of carbonyl (C=O) groups is 4. The molecule has 2 aliphatic heterocycles. The maximum Gasteiger partial charge on any atom is 0.313 e. The Labute approximate surface area is 169 Å². The van der Waals surface area contributed by atoms with Crippen molar-refractivity contribution in [3.8, 4) is 0 Å². The molecule has 1 saturated heterocycles. The third-order valence-corrected chi connectivity index (χ3v) is 2.94. The first-order valence-electron chi connectivity index (χ1n) is 6.62. The van der Waals surface area contributed by atoms with Gasteiger partial charge in [-0.1, -0.05) is 0 Å². The number of nitrogen functional groups attached to an aromatic ring is 1. The number of urea groups is 1. The molecule has 14 nitrogen and oxygen atoms in total. The van der Waals surface area contributed by atoms with E-state index < -0.39 is 29.8 Å². The van der Waals surface area contributed by atoms with Crippen molar-refractivity contribution in [3.05, 3.63) is 15.9 Å². The monoisotopic (exact) mass is 440 g/mol. The van der Waals surface area contributed by atoms with E-state index >= 15 is 0 Å². The molecule has 1 radical (unpaired) electrons. The molecule has 0 bridgehead atoms. The summed E-state index contributed by atoms with van der Waals surface area (Å²) in [5, 5.41) is 15.3. The van der Waals surface area contributed by atoms with Gasteiger partial charge in [-0.25, -0.2) is 4.79 Å². The first-order chi connectivity index (χ1) is 11.7. The van der Waals surface area contributed by atoms with Gasteiger partial charge in [0.05, 0.1) is 12.0 Å². The Hall–Kier alpha value is -2.87. The molecule has 15 heteroatoms. The van der Waals surface area contributed by atoms with Crippen molar-refractivity contribution in [1.82, 2.24) is 25.9 Å². The number of primary amides is 1. The molecule has 26 heavy (non-hydrogen) atoms. The standard InChI is InChI=1S/C6H6N4O2.C5H7N5O3.Y/c7-6-9-4-2(5(12)10-6)1-3(11)8-4;6-4-9-2(11)1(3(12)10-4)8-5(7)13;/h1H2,(H4,7,8,9,10,11,12);1H,(H3,7,8,13)(H3,6,9,10,11,12);. The summed E-state index contributed by atoms with van der Waals surface area (Å²) in [6.07, 6.45) is 0.0813. The van der Waals surface area contributed by atoms with E-state index in [9.17, 15) is 24.0 Å². The Bertz CT molecular complexity index is 831. The quantitative estimate of drug-likeness (QED) is 0.201. The summed E-state index contributed by atoms with van der Waals surface area (Å²) in [5.41, 5.74) is 9.98. The number of H-pyrrole nitrogens is 1. The van der Waals surface area contributed by atoms with Gasteiger partial charge in [0.2, 0.25) is 17.8 Å². The van der Waals surface area contributed by atoms with Gasteiger partial charge < -0.3 is 22.1 Å². The molecule has 3 rings (SSSR count). The molecule has 5 amide bonds. The SMILES string of the molecule is N=C1NC(=O)C(NC(N)=O)C(=O)N1.Nc1nc2c(c(=O)[nH]1)CC(=O)N2.[Y]. The molecule has 10 N–H and O–H groups in total. The topological polar surface area (TPSA) is 238 Å². The number of hydrogen-bond acceptors (Lipinski definition) is 8. The van der Waals surface area contributed by atoms with Gasteiger partial charge in [0.1, 0.15) is 5.82 Å². The van der Waals surface area contributed by atoms with E-state index in [1.165, 1.54) is 0 Å². The van der Waals surface area contributed by atoms with Crippen molar-refractivity contribution < 1.29 is 51.9 Å². The van der Waals surface area contributed by atoms with Crippen molar-refractivity contribution in [1.29, 1.82) is 5.41 Å². The van der Waals surface area contributed by atoms with Crippen molar-refractivity contribution in [2.75, 3.05) is 11.1 Å². The van der Waals surface area contributed by atoms with Crippen molar-refractivity contribution >= 4 is 41.5 Å². The fourth-order valence-electron chi connectivity index (χ4n) is 1.93. The molecule has 135 valence electrons. The molecule has 0 unspecified atom stereocenters. The van der Waals surface area contributed by atoms with E-state index in [2.05, 4.69) is 15.3 Å². The second kappa shape index (κ2) is 8.48. The zero-order valence-electron chi connectivity index (χ0n) is 13.0. The number of nitrogens with one attached hydrogen (secondary N) is 6. The van der Waals surface area contributed by atoms with Crippen LogP contribution in [0.15, 0.2) is 4.79 Å². The molecule has 1 aromatic rings. The predicted molar refractivity (Wildman–Crippen MR) is 82.1 cm³/mol. The molecule has 3 heterocycles. The zero-order chi connectivity index (χ0) is 18.7. The number of guanidine groups is 1. The third-order valence-electron chi connectivity index (χ3n) is 2.94. The molecule has 1 aromatic heterocycles. The Balaban J connectivity index is 0.000000251. The molecular weight excluding hydrogens is 427 g/mol. The Kier molecular flexibility index (Phi) is 6.91. The van der Waals surface area contributed by atoms with Crippen LogP contribution in [0.5, 0.6) is 0 Å². The summed E-state index contributed by atoms with van der Waals surface area (Å²) in [4.78, 5) is 60.3. The van der Waals surface area contributed by atoms with Crippen LogP contribution in [0.2, 0.25) is 0 Å². The van der Waals surface area contributed by atoms with E-state index in [1.807, 2.05) is 16.0 Å². The van der Waals surface area contributed by atoms with Crippen LogP contribution >= 0.6 is 0 Å². The van der Waals surface area contributed by atoms with Gasteiger partial charge >= 0.3 is 6.03 Å². The fraction of sp³-hybridized carbons (Fsp3) is 0.182. The molecule has 2 aliphatic rings. The number of amides is 5. The molecule has 0 aromatic carbocycles. The average Bonchev–Trinajstić information content (AvgIpc) is 2.84. The second-order valence-electron chi connectivity index (χ2n) is 4.80. The number of fused-ring (bicyclic) bond motifs is 1. The number of nitrogens with two attached hydrogens (primary N) is 2. The molecule has 0 spiro atoms. The van der Waals surface area contributed by atoms with Crippen molar-refractivity contribution in [2.45, 2.75) is 12.5 Å². The minimum Gasteiger partial charge on any atom is -0.369 e. The van der Waals surface area contributed by atoms with Crippen LogP contribution in [0.1, 0.15) is 5.56 Å². The number of nitrogens with zero attached hydrogens (tertiary/aromatic N) is 1. The molecule has 0 atom stereocenters. The molecule has 0 saturated carbocycles. The van der Waals surface area contributed by atoms with Crippen LogP contribution in [0.3, 0.4) is 0 Å². The Morgan fingerprint density at radius 2 is 1.73 bits per heavy atom. The summed E-state index contributed by atoms with van der Waals surface area (Å²) in [6, 6.07) is -2.35. The Morgan fingerprint density at radius 1 is 1.15 bits per heavy atom. The number of rotatable bonds is 1. The fourth-order valence-corrected chi connectivity index (χ4v) is 1.93. The molecule has 0 aliphatic carbocycles. The predicted octanol–water partition coefficient (Wildman–Crippen LogP) is -3.95. The summed E-state index contributed by atoms with van der Waals surface area (Å²) >= 11 is 0. The maximum atomic E-state index is 11.1. The Morgan fingerprint density at radius 3 is 2.27 bits per heavy atom. The minimum absolute atomic E-state index is 0. The van der Waals surface area contributed by atoms with E-state index in [0.29, 0.717) is 5.56 Å². The average molecular weight is 440 g/mol. The normalized spacial score (nSPS) is 17.5. The largest absolute Gasteiger partial charge is 0.369 e. The zero-order valence-corrected chi connectivity index (χ0v) is 15.8. The number of aromatic amines is 1. The van der Waals surface area contributed by atoms with Crippen molar-refractivity contribution in [3.63, 3.8) is 0 Å². The van der Waals surface area contributed by atoms with Crippen LogP contribution in [0, 0.1) is 5.41 Å². The van der Waals surface area contributed by atoms with Crippen LogP contribution < -0.4 is 38.3 Å². The first kappa shape index (κ1) is 21.2. The van der Waals surface area contributed by atoms with Crippen molar-refractivity contribution in [2.24, 2.45) is 5.73 Å². The van der Waals surface area contributed by atoms with Gasteiger partial charge in [-0.3, -0.25) is 40.2 Å². The van der Waals surface area contributed by atoms with E-state index in [4.69, 9.17) is 16.9 Å². The summed E-state index contributed by atoms with van der Waals surface area (Å²) in [6.45, 7) is 0. The second-order valence-corrected chi connectivity index (χ2v) is 4.80. The van der Waals surface area contributed by atoms with Crippen LogP contribution in [-0.2, 0) is 53.5 Å². The van der Waals surface area contributed by atoms with Crippen LogP contribution in [-0.4, -0.2) is 45.7 Å². The van der Waals surface area contributed by atoms with E-state index in [-0.39, 0.29) is 62.4 Å². The van der Waals surface area contributed by atoms with Gasteiger partial charge in [0.15, 0.2) is 6.04 Å². The van der Waals surface area contributed by atoms with Crippen LogP contribution in [0.25, 0.3) is 0 Å². The number of carbonyl (C=O) groups excluding carboxylic acids is 4. The molecular formula is C11H13N9O5Y. The molecule has 1 fully saturated rings. The van der Waals surface area contributed by atoms with Crippen LogP contribution in [0.4, 0.5) is 16.6 Å². The number of hydrogen-bond donors (Lipinski definition) is 8.